The van der Waals surface area contributed by atoms with Gasteiger partial charge in [-0.2, -0.15) is 0 Å². The normalized spacial score (nSPS) is 10.3. The summed E-state index contributed by atoms with van der Waals surface area (Å²) in [5.41, 5.74) is 2.53. The monoisotopic (exact) mass is 248 g/mol. The third-order valence-corrected chi connectivity index (χ3v) is 2.36. The molecule has 0 saturated carbocycles. The van der Waals surface area contributed by atoms with E-state index in [0.29, 0.717) is 12.4 Å². The molecule has 0 aliphatic carbocycles. The molecule has 4 N–H and O–H groups in total. The number of aromatic nitrogens is 5. The summed E-state index contributed by atoms with van der Waals surface area (Å²) in [5.74, 6) is 7.45. The molecule has 0 bridgehead atoms. The van der Waals surface area contributed by atoms with Crippen LogP contribution in [0, 0.1) is 0 Å². The maximum Gasteiger partial charge on any atom is 0.145 e. The Hall–Kier alpha value is -2.22. The molecule has 2 aromatic heterocycles. The Morgan fingerprint density at radius 2 is 2.17 bits per heavy atom. The van der Waals surface area contributed by atoms with Crippen molar-refractivity contribution in [3.05, 3.63) is 24.3 Å². The van der Waals surface area contributed by atoms with E-state index in [9.17, 15) is 0 Å². The van der Waals surface area contributed by atoms with Crippen molar-refractivity contribution >= 4 is 11.6 Å². The number of hydrogen-bond donors (Lipinski definition) is 3. The minimum absolute atomic E-state index is 0.602. The molecule has 0 radical (unpaired) electrons. The first-order chi connectivity index (χ1) is 8.81. The van der Waals surface area contributed by atoms with Crippen LogP contribution in [0.15, 0.2) is 18.5 Å². The van der Waals surface area contributed by atoms with E-state index in [2.05, 4.69) is 31.0 Å². The zero-order valence-corrected chi connectivity index (χ0v) is 10.2. The number of aryl methyl sites for hydroxylation is 1. The summed E-state index contributed by atoms with van der Waals surface area (Å²) in [6.45, 7) is 3.42. The van der Waals surface area contributed by atoms with Gasteiger partial charge in [-0.1, -0.05) is 12.1 Å². The van der Waals surface area contributed by atoms with Crippen molar-refractivity contribution in [1.29, 1.82) is 0 Å². The predicted octanol–water partition coefficient (Wildman–Crippen LogP) is 0.0282. The summed E-state index contributed by atoms with van der Waals surface area (Å²) < 4.78 is 1.75. The number of nitrogen functional groups attached to an aromatic ring is 1. The van der Waals surface area contributed by atoms with Crippen molar-refractivity contribution in [3.8, 4) is 0 Å². The molecule has 0 atom stereocenters. The van der Waals surface area contributed by atoms with Crippen LogP contribution in [0.3, 0.4) is 0 Å². The lowest BCUT2D eigenvalue weighted by molar-refractivity contribution is 0.608. The summed E-state index contributed by atoms with van der Waals surface area (Å²) in [6.07, 6.45) is 4.22. The molecule has 8 heteroatoms. The summed E-state index contributed by atoms with van der Waals surface area (Å²) in [5, 5.41) is 10.8. The highest BCUT2D eigenvalue weighted by Crippen LogP contribution is 2.10. The van der Waals surface area contributed by atoms with Gasteiger partial charge in [-0.15, -0.1) is 5.10 Å². The highest BCUT2D eigenvalue weighted by molar-refractivity contribution is 5.46. The van der Waals surface area contributed by atoms with Crippen LogP contribution in [0.25, 0.3) is 0 Å². The van der Waals surface area contributed by atoms with Gasteiger partial charge in [0.25, 0.3) is 0 Å². The fourth-order valence-corrected chi connectivity index (χ4v) is 1.47. The number of rotatable bonds is 6. The first-order valence-electron chi connectivity index (χ1n) is 5.74. The molecule has 0 amide bonds. The maximum atomic E-state index is 5.36. The zero-order chi connectivity index (χ0) is 12.8. The largest absolute Gasteiger partial charge is 0.368 e. The first kappa shape index (κ1) is 12.2. The van der Waals surface area contributed by atoms with Crippen LogP contribution >= 0.6 is 0 Å². The van der Waals surface area contributed by atoms with Gasteiger partial charge in [-0.25, -0.2) is 15.8 Å². The van der Waals surface area contributed by atoms with Gasteiger partial charge in [0.05, 0.1) is 12.7 Å². The van der Waals surface area contributed by atoms with Gasteiger partial charge in [-0.3, -0.25) is 4.68 Å². The second-order valence-electron chi connectivity index (χ2n) is 3.65. The van der Waals surface area contributed by atoms with Crippen molar-refractivity contribution in [1.82, 2.24) is 25.0 Å². The number of hydrogen-bond acceptors (Lipinski definition) is 7. The number of anilines is 2. The molecule has 2 rings (SSSR count). The van der Waals surface area contributed by atoms with Gasteiger partial charge in [0.1, 0.15) is 17.5 Å². The average Bonchev–Trinajstić information content (AvgIpc) is 2.91. The van der Waals surface area contributed by atoms with Crippen LogP contribution in [0.2, 0.25) is 0 Å². The lowest BCUT2D eigenvalue weighted by atomic mass is 10.4. The number of nitrogens with zero attached hydrogens (tertiary/aromatic N) is 5. The first-order valence-corrected chi connectivity index (χ1v) is 5.74. The van der Waals surface area contributed by atoms with Gasteiger partial charge in [0.15, 0.2) is 0 Å². The molecule has 0 fully saturated rings. The average molecular weight is 248 g/mol. The Kier molecular flexibility index (Phi) is 4.02. The van der Waals surface area contributed by atoms with Crippen LogP contribution in [0.1, 0.15) is 12.7 Å². The zero-order valence-electron chi connectivity index (χ0n) is 10.2. The van der Waals surface area contributed by atoms with Gasteiger partial charge in [0, 0.05) is 25.2 Å². The molecular weight excluding hydrogens is 232 g/mol. The Bertz CT molecular complexity index is 458. The second-order valence-corrected chi connectivity index (χ2v) is 3.65. The Morgan fingerprint density at radius 3 is 2.83 bits per heavy atom. The van der Waals surface area contributed by atoms with Crippen molar-refractivity contribution in [3.63, 3.8) is 0 Å². The molecule has 2 aromatic rings. The van der Waals surface area contributed by atoms with E-state index in [-0.39, 0.29) is 0 Å². The van der Waals surface area contributed by atoms with Gasteiger partial charge in [0.2, 0.25) is 0 Å². The van der Waals surface area contributed by atoms with E-state index in [1.165, 1.54) is 0 Å². The SMILES string of the molecule is CCc1nc(NN)cc(NCCn2ccnn2)n1. The maximum absolute atomic E-state index is 5.36. The van der Waals surface area contributed by atoms with Crippen LogP contribution in [-0.4, -0.2) is 31.5 Å². The fraction of sp³-hybridized carbons (Fsp3) is 0.400. The summed E-state index contributed by atoms with van der Waals surface area (Å²) in [4.78, 5) is 8.57. The highest BCUT2D eigenvalue weighted by atomic mass is 15.4. The van der Waals surface area contributed by atoms with Crippen molar-refractivity contribution < 1.29 is 0 Å². The number of hydrazine groups is 1. The number of nitrogens with two attached hydrogens (primary N) is 1. The molecule has 0 aliphatic heterocycles. The van der Waals surface area contributed by atoms with Crippen molar-refractivity contribution in [2.45, 2.75) is 19.9 Å². The van der Waals surface area contributed by atoms with Gasteiger partial charge in [-0.05, 0) is 0 Å². The smallest absolute Gasteiger partial charge is 0.145 e. The molecule has 8 nitrogen and oxygen atoms in total. The van der Waals surface area contributed by atoms with Crippen molar-refractivity contribution in [2.24, 2.45) is 5.84 Å². The molecule has 0 aliphatic rings. The number of nitrogens with one attached hydrogen (secondary N) is 2. The molecular formula is C10H16N8. The molecule has 0 saturated heterocycles. The Morgan fingerprint density at radius 1 is 1.33 bits per heavy atom. The lowest BCUT2D eigenvalue weighted by Gasteiger charge is -2.08. The second kappa shape index (κ2) is 5.92. The third-order valence-electron chi connectivity index (χ3n) is 2.36. The Balaban J connectivity index is 1.95. The van der Waals surface area contributed by atoms with E-state index < -0.39 is 0 Å². The topological polar surface area (TPSA) is 107 Å². The van der Waals surface area contributed by atoms with E-state index in [1.807, 2.05) is 13.1 Å². The van der Waals surface area contributed by atoms with Crippen LogP contribution in [0.5, 0.6) is 0 Å². The molecule has 18 heavy (non-hydrogen) atoms. The highest BCUT2D eigenvalue weighted by Gasteiger charge is 2.02. The molecule has 96 valence electrons. The molecule has 0 aromatic carbocycles. The fourth-order valence-electron chi connectivity index (χ4n) is 1.47. The van der Waals surface area contributed by atoms with E-state index in [4.69, 9.17) is 5.84 Å². The van der Waals surface area contributed by atoms with Crippen LogP contribution < -0.4 is 16.6 Å². The predicted molar refractivity (Wildman–Crippen MR) is 67.7 cm³/mol. The standard InChI is InChI=1S/C10H16N8/c1-2-8-14-9(7-10(15-8)16-11)12-3-5-18-6-4-13-17-18/h4,6-7H,2-3,5,11H2,1H3,(H2,12,14,15,16). The molecule has 0 unspecified atom stereocenters. The summed E-state index contributed by atoms with van der Waals surface area (Å²) >= 11 is 0. The van der Waals surface area contributed by atoms with E-state index >= 15 is 0 Å². The van der Waals surface area contributed by atoms with E-state index in [0.717, 1.165) is 24.6 Å². The third kappa shape index (κ3) is 3.14. The van der Waals surface area contributed by atoms with Gasteiger partial charge >= 0.3 is 0 Å². The minimum atomic E-state index is 0.602. The minimum Gasteiger partial charge on any atom is -0.368 e. The quantitative estimate of drug-likeness (QED) is 0.489. The van der Waals surface area contributed by atoms with Crippen LogP contribution in [-0.2, 0) is 13.0 Å². The molecule has 2 heterocycles. The molecule has 0 spiro atoms. The lowest BCUT2D eigenvalue weighted by Crippen LogP contribution is -2.15. The van der Waals surface area contributed by atoms with Crippen LogP contribution in [0.4, 0.5) is 11.6 Å². The summed E-state index contributed by atoms with van der Waals surface area (Å²) in [7, 11) is 0. The van der Waals surface area contributed by atoms with Gasteiger partial charge < -0.3 is 10.7 Å². The summed E-state index contributed by atoms with van der Waals surface area (Å²) in [6, 6.07) is 1.76. The van der Waals surface area contributed by atoms with Crippen molar-refractivity contribution in [2.75, 3.05) is 17.3 Å². The van der Waals surface area contributed by atoms with E-state index in [1.54, 1.807) is 16.9 Å². The Labute approximate surface area is 105 Å².